The monoisotopic (exact) mass is 367 g/mol. The van der Waals surface area contributed by atoms with Crippen LogP contribution in [-0.4, -0.2) is 80.2 Å². The minimum atomic E-state index is -0.444. The Morgan fingerprint density at radius 3 is 2.50 bits per heavy atom. The second-order valence-electron chi connectivity index (χ2n) is 6.18. The van der Waals surface area contributed by atoms with Gasteiger partial charge in [-0.05, 0) is 24.6 Å². The van der Waals surface area contributed by atoms with E-state index in [0.29, 0.717) is 44.9 Å². The molecule has 1 aromatic rings. The second kappa shape index (κ2) is 9.38. The Labute approximate surface area is 153 Å². The van der Waals surface area contributed by atoms with Crippen LogP contribution in [0.4, 0.5) is 9.18 Å². The Balaban J connectivity index is 1.80. The lowest BCUT2D eigenvalue weighted by Gasteiger charge is -2.34. The van der Waals surface area contributed by atoms with Crippen LogP contribution in [0.5, 0.6) is 5.75 Å². The van der Waals surface area contributed by atoms with Crippen LogP contribution < -0.4 is 4.74 Å². The summed E-state index contributed by atoms with van der Waals surface area (Å²) in [5, 5.41) is 0. The van der Waals surface area contributed by atoms with Gasteiger partial charge in [-0.15, -0.1) is 0 Å². The zero-order valence-corrected chi connectivity index (χ0v) is 15.5. The predicted molar refractivity (Wildman–Crippen MR) is 94.5 cm³/mol. The number of halogens is 1. The molecule has 2 amide bonds. The quantitative estimate of drug-likeness (QED) is 0.764. The maximum absolute atomic E-state index is 13.8. The van der Waals surface area contributed by atoms with Gasteiger partial charge >= 0.3 is 6.09 Å². The lowest BCUT2D eigenvalue weighted by Crippen LogP contribution is -2.51. The van der Waals surface area contributed by atoms with Crippen LogP contribution in [0.2, 0.25) is 0 Å². The molecule has 0 spiro atoms. The highest BCUT2D eigenvalue weighted by Crippen LogP contribution is 2.18. The largest absolute Gasteiger partial charge is 0.494 e. The Kier molecular flexibility index (Phi) is 7.20. The molecule has 1 fully saturated rings. The number of amides is 2. The van der Waals surface area contributed by atoms with Crippen LogP contribution in [0.15, 0.2) is 18.2 Å². The van der Waals surface area contributed by atoms with E-state index in [-0.39, 0.29) is 24.3 Å². The van der Waals surface area contributed by atoms with Crippen LogP contribution in [0.3, 0.4) is 0 Å². The summed E-state index contributed by atoms with van der Waals surface area (Å²) in [5.74, 6) is -0.311. The molecule has 8 heteroatoms. The van der Waals surface area contributed by atoms with Crippen LogP contribution in [0.25, 0.3) is 0 Å². The Hall–Kier alpha value is -2.35. The summed E-state index contributed by atoms with van der Waals surface area (Å²) in [6.45, 7) is 5.05. The average Bonchev–Trinajstić information content (AvgIpc) is 2.62. The third kappa shape index (κ3) is 5.32. The lowest BCUT2D eigenvalue weighted by molar-refractivity contribution is -0.132. The van der Waals surface area contributed by atoms with Gasteiger partial charge < -0.3 is 19.3 Å². The zero-order valence-electron chi connectivity index (χ0n) is 15.5. The Morgan fingerprint density at radius 1 is 1.23 bits per heavy atom. The molecule has 26 heavy (non-hydrogen) atoms. The standard InChI is InChI=1S/C18H26FN3O4/c1-4-26-18(24)22-9-7-21(8-10-22)13-17(23)20(2)12-14-5-6-16(25-3)15(19)11-14/h5-6,11H,4,7-10,12-13H2,1-3H3. The topological polar surface area (TPSA) is 62.3 Å². The first kappa shape index (κ1) is 20.0. The van der Waals surface area contributed by atoms with E-state index in [4.69, 9.17) is 9.47 Å². The minimum Gasteiger partial charge on any atom is -0.494 e. The number of likely N-dealkylation sites (N-methyl/N-ethyl adjacent to an activating group) is 1. The molecule has 0 aliphatic carbocycles. The molecule has 144 valence electrons. The molecule has 0 atom stereocenters. The van der Waals surface area contributed by atoms with Gasteiger partial charge in [-0.2, -0.15) is 0 Å². The number of carbonyl (C=O) groups is 2. The molecular formula is C18H26FN3O4. The number of hydrogen-bond acceptors (Lipinski definition) is 5. The van der Waals surface area contributed by atoms with E-state index in [1.165, 1.54) is 13.2 Å². The van der Waals surface area contributed by atoms with Crippen molar-refractivity contribution in [2.24, 2.45) is 0 Å². The van der Waals surface area contributed by atoms with Gasteiger partial charge in [0.25, 0.3) is 0 Å². The fraction of sp³-hybridized carbons (Fsp3) is 0.556. The molecule has 7 nitrogen and oxygen atoms in total. The van der Waals surface area contributed by atoms with Crippen molar-refractivity contribution in [2.75, 3.05) is 53.5 Å². The smallest absolute Gasteiger partial charge is 0.409 e. The molecule has 1 aromatic carbocycles. The number of methoxy groups -OCH3 is 1. The summed E-state index contributed by atoms with van der Waals surface area (Å²) in [4.78, 5) is 29.3. The molecule has 0 aromatic heterocycles. The summed E-state index contributed by atoms with van der Waals surface area (Å²) in [6.07, 6.45) is -0.308. The van der Waals surface area contributed by atoms with Crippen molar-refractivity contribution in [3.8, 4) is 5.75 Å². The van der Waals surface area contributed by atoms with Gasteiger partial charge in [-0.3, -0.25) is 9.69 Å². The fourth-order valence-corrected chi connectivity index (χ4v) is 2.79. The third-order valence-electron chi connectivity index (χ3n) is 4.32. The first-order chi connectivity index (χ1) is 12.4. The number of nitrogens with zero attached hydrogens (tertiary/aromatic N) is 3. The van der Waals surface area contributed by atoms with Crippen molar-refractivity contribution < 1.29 is 23.5 Å². The molecule has 0 radical (unpaired) electrons. The van der Waals surface area contributed by atoms with Crippen molar-refractivity contribution in [2.45, 2.75) is 13.5 Å². The molecule has 0 saturated carbocycles. The summed E-state index contributed by atoms with van der Waals surface area (Å²) >= 11 is 0. The van der Waals surface area contributed by atoms with E-state index in [9.17, 15) is 14.0 Å². The van der Waals surface area contributed by atoms with Gasteiger partial charge in [0, 0.05) is 39.8 Å². The minimum absolute atomic E-state index is 0.0502. The van der Waals surface area contributed by atoms with Gasteiger partial charge in [-0.1, -0.05) is 6.07 Å². The van der Waals surface area contributed by atoms with E-state index < -0.39 is 5.82 Å². The first-order valence-corrected chi connectivity index (χ1v) is 8.65. The Morgan fingerprint density at radius 2 is 1.92 bits per heavy atom. The highest BCUT2D eigenvalue weighted by molar-refractivity contribution is 5.78. The number of piperazine rings is 1. The molecule has 0 N–H and O–H groups in total. The zero-order chi connectivity index (χ0) is 19.1. The highest BCUT2D eigenvalue weighted by Gasteiger charge is 2.24. The molecule has 0 unspecified atom stereocenters. The molecular weight excluding hydrogens is 341 g/mol. The van der Waals surface area contributed by atoms with Crippen molar-refractivity contribution in [1.82, 2.24) is 14.7 Å². The summed E-state index contributed by atoms with van der Waals surface area (Å²) < 4.78 is 23.6. The SMILES string of the molecule is CCOC(=O)N1CCN(CC(=O)N(C)Cc2ccc(OC)c(F)c2)CC1. The lowest BCUT2D eigenvalue weighted by atomic mass is 10.2. The van der Waals surface area contributed by atoms with Crippen molar-refractivity contribution in [3.05, 3.63) is 29.6 Å². The summed E-state index contributed by atoms with van der Waals surface area (Å²) in [5.41, 5.74) is 0.700. The maximum atomic E-state index is 13.8. The van der Waals surface area contributed by atoms with Gasteiger partial charge in [0.1, 0.15) is 0 Å². The van der Waals surface area contributed by atoms with E-state index in [2.05, 4.69) is 0 Å². The van der Waals surface area contributed by atoms with Gasteiger partial charge in [0.05, 0.1) is 20.3 Å². The normalized spacial score (nSPS) is 14.8. The molecule has 0 bridgehead atoms. The summed E-state index contributed by atoms with van der Waals surface area (Å²) in [7, 11) is 3.11. The van der Waals surface area contributed by atoms with Crippen LogP contribution in [-0.2, 0) is 16.1 Å². The average molecular weight is 367 g/mol. The third-order valence-corrected chi connectivity index (χ3v) is 4.32. The van der Waals surface area contributed by atoms with Gasteiger partial charge in [-0.25, -0.2) is 9.18 Å². The highest BCUT2D eigenvalue weighted by atomic mass is 19.1. The molecule has 1 saturated heterocycles. The van der Waals surface area contributed by atoms with E-state index in [1.54, 1.807) is 35.9 Å². The van der Waals surface area contributed by atoms with Crippen molar-refractivity contribution in [1.29, 1.82) is 0 Å². The van der Waals surface area contributed by atoms with Gasteiger partial charge in [0.15, 0.2) is 11.6 Å². The predicted octanol–water partition coefficient (Wildman–Crippen LogP) is 1.57. The number of hydrogen-bond donors (Lipinski definition) is 0. The van der Waals surface area contributed by atoms with Crippen LogP contribution >= 0.6 is 0 Å². The molecule has 2 rings (SSSR count). The summed E-state index contributed by atoms with van der Waals surface area (Å²) in [6, 6.07) is 4.67. The molecule has 1 aliphatic heterocycles. The van der Waals surface area contributed by atoms with Crippen molar-refractivity contribution in [3.63, 3.8) is 0 Å². The number of rotatable bonds is 6. The van der Waals surface area contributed by atoms with E-state index in [0.717, 1.165) is 0 Å². The number of ether oxygens (including phenoxy) is 2. The first-order valence-electron chi connectivity index (χ1n) is 8.65. The Bertz CT molecular complexity index is 633. The number of benzene rings is 1. The number of carbonyl (C=O) groups excluding carboxylic acids is 2. The van der Waals surface area contributed by atoms with Crippen LogP contribution in [0, 0.1) is 5.82 Å². The molecule has 1 heterocycles. The van der Waals surface area contributed by atoms with Gasteiger partial charge in [0.2, 0.25) is 5.91 Å². The second-order valence-corrected chi connectivity index (χ2v) is 6.18. The van der Waals surface area contributed by atoms with E-state index in [1.807, 2.05) is 4.90 Å². The van der Waals surface area contributed by atoms with Crippen molar-refractivity contribution >= 4 is 12.0 Å². The van der Waals surface area contributed by atoms with Crippen LogP contribution in [0.1, 0.15) is 12.5 Å². The maximum Gasteiger partial charge on any atom is 0.409 e. The van der Waals surface area contributed by atoms with E-state index >= 15 is 0 Å². The molecule has 1 aliphatic rings. The fourth-order valence-electron chi connectivity index (χ4n) is 2.79.